The molecule has 0 aliphatic heterocycles. The molecule has 4 atom stereocenters. The lowest BCUT2D eigenvalue weighted by Gasteiger charge is -2.50. The first-order chi connectivity index (χ1) is 14.4. The van der Waals surface area contributed by atoms with Crippen molar-refractivity contribution >= 4 is 0 Å². The van der Waals surface area contributed by atoms with Crippen LogP contribution in [0.4, 0.5) is 0 Å². The Bertz CT molecular complexity index is 639. The molecule has 0 amide bonds. The van der Waals surface area contributed by atoms with Crippen molar-refractivity contribution in [2.24, 2.45) is 39.9 Å². The minimum absolute atomic E-state index is 0.267. The van der Waals surface area contributed by atoms with Gasteiger partial charge in [-0.15, -0.1) is 6.58 Å². The van der Waals surface area contributed by atoms with Crippen molar-refractivity contribution in [2.75, 3.05) is 19.8 Å². The predicted octanol–water partition coefficient (Wildman–Crippen LogP) is 6.16. The van der Waals surface area contributed by atoms with E-state index in [0.717, 1.165) is 25.7 Å². The average molecular weight is 435 g/mol. The highest BCUT2D eigenvalue weighted by molar-refractivity contribution is 5.24. The molecule has 3 nitrogen and oxygen atoms in total. The van der Waals surface area contributed by atoms with E-state index in [2.05, 4.69) is 74.1 Å². The van der Waals surface area contributed by atoms with Crippen molar-refractivity contribution in [3.05, 3.63) is 36.0 Å². The SMILES string of the molecule is C=CC1CC(CO)C1(C)C.CC/C=C1\CC(CO)C1(C)C.CC=C1CC(CO)C1(C)C. The fraction of sp³-hybridized carbons (Fsp3) is 0.786. The maximum absolute atomic E-state index is 8.98. The van der Waals surface area contributed by atoms with Crippen molar-refractivity contribution in [3.63, 3.8) is 0 Å². The Kier molecular flexibility index (Phi) is 10.3. The summed E-state index contributed by atoms with van der Waals surface area (Å²) in [5.41, 5.74) is 3.84. The summed E-state index contributed by atoms with van der Waals surface area (Å²) in [6, 6.07) is 0. The summed E-state index contributed by atoms with van der Waals surface area (Å²) >= 11 is 0. The normalized spacial score (nSPS) is 34.2. The summed E-state index contributed by atoms with van der Waals surface area (Å²) in [5.74, 6) is 2.11. The molecular formula is C28H50O3. The van der Waals surface area contributed by atoms with Gasteiger partial charge in [-0.3, -0.25) is 0 Å². The van der Waals surface area contributed by atoms with E-state index in [9.17, 15) is 0 Å². The van der Waals surface area contributed by atoms with Gasteiger partial charge in [0.25, 0.3) is 0 Å². The molecule has 0 aromatic carbocycles. The molecule has 3 heteroatoms. The maximum atomic E-state index is 8.98. The third-order valence-corrected chi connectivity index (χ3v) is 8.92. The van der Waals surface area contributed by atoms with Crippen LogP contribution in [-0.2, 0) is 0 Å². The van der Waals surface area contributed by atoms with Crippen LogP contribution in [0.5, 0.6) is 0 Å². The van der Waals surface area contributed by atoms with Gasteiger partial charge in [0.15, 0.2) is 0 Å². The largest absolute Gasteiger partial charge is 0.396 e. The predicted molar refractivity (Wildman–Crippen MR) is 133 cm³/mol. The van der Waals surface area contributed by atoms with Gasteiger partial charge in [-0.05, 0) is 72.5 Å². The number of aliphatic hydroxyl groups excluding tert-OH is 3. The number of allylic oxidation sites excluding steroid dienone is 5. The van der Waals surface area contributed by atoms with Crippen LogP contribution in [0, 0.1) is 39.9 Å². The van der Waals surface area contributed by atoms with Crippen LogP contribution in [0.2, 0.25) is 0 Å². The monoisotopic (exact) mass is 434 g/mol. The second-order valence-corrected chi connectivity index (χ2v) is 11.3. The number of aliphatic hydroxyl groups is 3. The Morgan fingerprint density at radius 1 is 0.839 bits per heavy atom. The zero-order valence-electron chi connectivity index (χ0n) is 21.5. The average Bonchev–Trinajstić information content (AvgIpc) is 2.71. The van der Waals surface area contributed by atoms with E-state index in [0.29, 0.717) is 43.5 Å². The van der Waals surface area contributed by atoms with Crippen molar-refractivity contribution in [3.8, 4) is 0 Å². The number of rotatable bonds is 5. The molecule has 3 fully saturated rings. The molecule has 0 aromatic rings. The molecule has 0 spiro atoms. The zero-order chi connectivity index (χ0) is 24.0. The lowest BCUT2D eigenvalue weighted by Crippen LogP contribution is -2.45. The Morgan fingerprint density at radius 2 is 1.29 bits per heavy atom. The van der Waals surface area contributed by atoms with E-state index in [-0.39, 0.29) is 16.2 Å². The van der Waals surface area contributed by atoms with Crippen molar-refractivity contribution in [1.82, 2.24) is 0 Å². The topological polar surface area (TPSA) is 60.7 Å². The van der Waals surface area contributed by atoms with Gasteiger partial charge < -0.3 is 15.3 Å². The summed E-state index contributed by atoms with van der Waals surface area (Å²) < 4.78 is 0. The number of hydrogen-bond donors (Lipinski definition) is 3. The standard InChI is InChI=1S/C10H18O.2C9H16O/c1-4-5-8-6-9(7-11)10(8,2)3;2*1-4-7-5-8(6-10)9(7,2)3/h5,9,11H,4,6-7H2,1-3H3;4,8,10H,5-6H2,1-3H3;4,7-8,10H,1,5-6H2,2-3H3/b8-5+;;. The van der Waals surface area contributed by atoms with Crippen LogP contribution in [0.3, 0.4) is 0 Å². The van der Waals surface area contributed by atoms with Gasteiger partial charge in [-0.2, -0.15) is 0 Å². The van der Waals surface area contributed by atoms with Crippen LogP contribution in [0.1, 0.15) is 81.1 Å². The van der Waals surface area contributed by atoms with Crippen LogP contribution in [0.15, 0.2) is 36.0 Å². The first-order valence-corrected chi connectivity index (χ1v) is 12.2. The molecule has 0 radical (unpaired) electrons. The fourth-order valence-corrected chi connectivity index (χ4v) is 5.26. The first kappa shape index (κ1) is 28.1. The van der Waals surface area contributed by atoms with E-state index in [4.69, 9.17) is 15.3 Å². The second-order valence-electron chi connectivity index (χ2n) is 11.3. The van der Waals surface area contributed by atoms with Crippen molar-refractivity contribution in [1.29, 1.82) is 0 Å². The van der Waals surface area contributed by atoms with E-state index >= 15 is 0 Å². The summed E-state index contributed by atoms with van der Waals surface area (Å²) in [4.78, 5) is 0. The summed E-state index contributed by atoms with van der Waals surface area (Å²) in [7, 11) is 0. The molecule has 0 saturated heterocycles. The highest BCUT2D eigenvalue weighted by Crippen LogP contribution is 2.52. The van der Waals surface area contributed by atoms with Gasteiger partial charge in [0.2, 0.25) is 0 Å². The minimum Gasteiger partial charge on any atom is -0.396 e. The Hall–Kier alpha value is -0.900. The lowest BCUT2D eigenvalue weighted by molar-refractivity contribution is -0.0258. The Balaban J connectivity index is 0.000000233. The molecular weight excluding hydrogens is 384 g/mol. The Morgan fingerprint density at radius 3 is 1.58 bits per heavy atom. The van der Waals surface area contributed by atoms with E-state index in [1.165, 1.54) is 11.1 Å². The third kappa shape index (κ3) is 5.92. The first-order valence-electron chi connectivity index (χ1n) is 12.2. The molecule has 3 aliphatic carbocycles. The van der Waals surface area contributed by atoms with Gasteiger partial charge >= 0.3 is 0 Å². The molecule has 3 saturated carbocycles. The van der Waals surface area contributed by atoms with Crippen LogP contribution in [-0.4, -0.2) is 35.1 Å². The highest BCUT2D eigenvalue weighted by atomic mass is 16.3. The van der Waals surface area contributed by atoms with Gasteiger partial charge in [-0.1, -0.05) is 77.8 Å². The molecule has 180 valence electrons. The summed E-state index contributed by atoms with van der Waals surface area (Å²) in [6.45, 7) is 22.3. The van der Waals surface area contributed by atoms with Crippen LogP contribution < -0.4 is 0 Å². The quantitative estimate of drug-likeness (QED) is 0.454. The molecule has 31 heavy (non-hydrogen) atoms. The van der Waals surface area contributed by atoms with E-state index < -0.39 is 0 Å². The Labute approximate surface area is 192 Å². The molecule has 4 unspecified atom stereocenters. The smallest absolute Gasteiger partial charge is 0.0470 e. The number of hydrogen-bond acceptors (Lipinski definition) is 3. The highest BCUT2D eigenvalue weighted by Gasteiger charge is 2.45. The van der Waals surface area contributed by atoms with Gasteiger partial charge in [0, 0.05) is 19.8 Å². The van der Waals surface area contributed by atoms with Gasteiger partial charge in [0.05, 0.1) is 0 Å². The van der Waals surface area contributed by atoms with E-state index in [1.807, 2.05) is 6.08 Å². The second kappa shape index (κ2) is 11.3. The third-order valence-electron chi connectivity index (χ3n) is 8.92. The summed E-state index contributed by atoms with van der Waals surface area (Å²) in [6.07, 6.45) is 10.9. The lowest BCUT2D eigenvalue weighted by atomic mass is 9.55. The maximum Gasteiger partial charge on any atom is 0.0470 e. The van der Waals surface area contributed by atoms with Crippen LogP contribution >= 0.6 is 0 Å². The summed E-state index contributed by atoms with van der Waals surface area (Å²) in [5, 5.41) is 26.8. The van der Waals surface area contributed by atoms with Gasteiger partial charge in [0.1, 0.15) is 0 Å². The molecule has 3 N–H and O–H groups in total. The van der Waals surface area contributed by atoms with Crippen molar-refractivity contribution < 1.29 is 15.3 Å². The van der Waals surface area contributed by atoms with Crippen molar-refractivity contribution in [2.45, 2.75) is 81.1 Å². The minimum atomic E-state index is 0.267. The molecule has 0 heterocycles. The fourth-order valence-electron chi connectivity index (χ4n) is 5.26. The van der Waals surface area contributed by atoms with Crippen LogP contribution in [0.25, 0.3) is 0 Å². The molecule has 3 aliphatic rings. The molecule has 0 bridgehead atoms. The van der Waals surface area contributed by atoms with Gasteiger partial charge in [-0.25, -0.2) is 0 Å². The van der Waals surface area contributed by atoms with E-state index in [1.54, 1.807) is 0 Å². The molecule has 3 rings (SSSR count). The zero-order valence-corrected chi connectivity index (χ0v) is 21.5. The molecule has 0 aromatic heterocycles.